The fourth-order valence-electron chi connectivity index (χ4n) is 3.15. The largest absolute Gasteiger partial charge is 0.491 e. The fourth-order valence-corrected chi connectivity index (χ4v) is 3.15. The van der Waals surface area contributed by atoms with Gasteiger partial charge in [-0.1, -0.05) is 26.2 Å². The zero-order valence-electron chi connectivity index (χ0n) is 13.0. The van der Waals surface area contributed by atoms with Gasteiger partial charge in [-0.25, -0.2) is 0 Å². The van der Waals surface area contributed by atoms with Gasteiger partial charge in [-0.15, -0.1) is 0 Å². The molecule has 0 aromatic heterocycles. The molecule has 112 valence electrons. The van der Waals surface area contributed by atoms with E-state index in [9.17, 15) is 0 Å². The van der Waals surface area contributed by atoms with E-state index in [4.69, 9.17) is 10.5 Å². The van der Waals surface area contributed by atoms with Gasteiger partial charge in [0.25, 0.3) is 0 Å². The van der Waals surface area contributed by atoms with Crippen LogP contribution in [0.25, 0.3) is 0 Å². The lowest BCUT2D eigenvalue weighted by Crippen LogP contribution is -2.31. The maximum absolute atomic E-state index is 5.99. The molecule has 0 bridgehead atoms. The summed E-state index contributed by atoms with van der Waals surface area (Å²) in [7, 11) is 0. The van der Waals surface area contributed by atoms with Crippen molar-refractivity contribution in [3.8, 4) is 5.75 Å². The molecule has 2 rings (SSSR count). The van der Waals surface area contributed by atoms with Gasteiger partial charge in [-0.05, 0) is 38.7 Å². The van der Waals surface area contributed by atoms with Gasteiger partial charge in [0.05, 0.1) is 6.10 Å². The van der Waals surface area contributed by atoms with Crippen LogP contribution >= 0.6 is 0 Å². The minimum atomic E-state index is 0.169. The zero-order valence-corrected chi connectivity index (χ0v) is 13.0. The van der Waals surface area contributed by atoms with Crippen LogP contribution in [0.3, 0.4) is 0 Å². The van der Waals surface area contributed by atoms with E-state index in [1.807, 2.05) is 26.0 Å². The number of hydrogen-bond donors (Lipinski definition) is 2. The summed E-state index contributed by atoms with van der Waals surface area (Å²) in [4.78, 5) is 0. The first-order valence-electron chi connectivity index (χ1n) is 7.92. The molecule has 0 saturated heterocycles. The van der Waals surface area contributed by atoms with Crippen molar-refractivity contribution in [2.45, 2.75) is 65.0 Å². The Kier molecular flexibility index (Phi) is 5.16. The summed E-state index contributed by atoms with van der Waals surface area (Å²) in [5, 5.41) is 3.68. The highest BCUT2D eigenvalue weighted by atomic mass is 16.5. The lowest BCUT2D eigenvalue weighted by Gasteiger charge is -2.32. The lowest BCUT2D eigenvalue weighted by atomic mass is 9.83. The molecule has 1 aliphatic carbocycles. The second kappa shape index (κ2) is 6.87. The van der Waals surface area contributed by atoms with Crippen LogP contribution in [-0.2, 0) is 0 Å². The number of nitrogens with one attached hydrogen (secondary N) is 1. The minimum Gasteiger partial charge on any atom is -0.491 e. The van der Waals surface area contributed by atoms with Crippen LogP contribution in [0.1, 0.15) is 52.9 Å². The van der Waals surface area contributed by atoms with Crippen LogP contribution in [0, 0.1) is 5.92 Å². The number of hydrogen-bond acceptors (Lipinski definition) is 3. The Hall–Kier alpha value is -1.38. The summed E-state index contributed by atoms with van der Waals surface area (Å²) in [6, 6.07) is 6.54. The van der Waals surface area contributed by atoms with E-state index < -0.39 is 0 Å². The number of anilines is 2. The van der Waals surface area contributed by atoms with Crippen LogP contribution < -0.4 is 15.8 Å². The molecule has 1 fully saturated rings. The Morgan fingerprint density at radius 3 is 2.70 bits per heavy atom. The molecule has 1 saturated carbocycles. The van der Waals surface area contributed by atoms with Crippen LogP contribution in [0.15, 0.2) is 18.2 Å². The number of benzene rings is 1. The van der Waals surface area contributed by atoms with E-state index in [2.05, 4.69) is 18.3 Å². The van der Waals surface area contributed by atoms with Gasteiger partial charge in [0, 0.05) is 29.5 Å². The second-order valence-corrected chi connectivity index (χ2v) is 6.16. The molecule has 3 heteroatoms. The Morgan fingerprint density at radius 1 is 1.25 bits per heavy atom. The summed E-state index contributed by atoms with van der Waals surface area (Å²) in [6.07, 6.45) is 6.71. The molecule has 20 heavy (non-hydrogen) atoms. The van der Waals surface area contributed by atoms with Gasteiger partial charge in [0.1, 0.15) is 5.75 Å². The predicted molar refractivity (Wildman–Crippen MR) is 86.3 cm³/mol. The SMILES string of the molecule is CCC1CCCCC1Nc1cc(N)cc(OC(C)C)c1. The van der Waals surface area contributed by atoms with Crippen molar-refractivity contribution in [1.29, 1.82) is 0 Å². The first-order chi connectivity index (χ1) is 9.58. The topological polar surface area (TPSA) is 47.3 Å². The molecule has 0 spiro atoms. The Labute approximate surface area is 122 Å². The molecule has 0 radical (unpaired) electrons. The van der Waals surface area contributed by atoms with E-state index in [-0.39, 0.29) is 6.10 Å². The molecular weight excluding hydrogens is 248 g/mol. The molecule has 3 nitrogen and oxygen atoms in total. The quantitative estimate of drug-likeness (QED) is 0.782. The zero-order chi connectivity index (χ0) is 14.5. The molecule has 1 aromatic carbocycles. The molecular formula is C17H28N2O. The van der Waals surface area contributed by atoms with Gasteiger partial charge in [-0.3, -0.25) is 0 Å². The maximum atomic E-state index is 5.99. The third-order valence-corrected chi connectivity index (χ3v) is 4.09. The molecule has 2 atom stereocenters. The second-order valence-electron chi connectivity index (χ2n) is 6.16. The van der Waals surface area contributed by atoms with Crippen LogP contribution in [0.4, 0.5) is 11.4 Å². The number of rotatable bonds is 5. The average molecular weight is 276 g/mol. The molecule has 0 amide bonds. The fraction of sp³-hybridized carbons (Fsp3) is 0.647. The van der Waals surface area contributed by atoms with Crippen LogP contribution in [0.2, 0.25) is 0 Å². The normalized spacial score (nSPS) is 22.8. The summed E-state index contributed by atoms with van der Waals surface area (Å²) in [5.41, 5.74) is 7.84. The van der Waals surface area contributed by atoms with E-state index in [1.165, 1.54) is 32.1 Å². The Morgan fingerprint density at radius 2 is 2.00 bits per heavy atom. The van der Waals surface area contributed by atoms with Crippen molar-refractivity contribution >= 4 is 11.4 Å². The summed E-state index contributed by atoms with van der Waals surface area (Å²) < 4.78 is 5.76. The number of nitrogens with two attached hydrogens (primary N) is 1. The predicted octanol–water partition coefficient (Wildman–Crippen LogP) is 4.44. The number of ether oxygens (including phenoxy) is 1. The average Bonchev–Trinajstić information content (AvgIpc) is 2.37. The first kappa shape index (κ1) is 15.0. The van der Waals surface area contributed by atoms with Gasteiger partial charge >= 0.3 is 0 Å². The van der Waals surface area contributed by atoms with Crippen molar-refractivity contribution in [2.75, 3.05) is 11.1 Å². The van der Waals surface area contributed by atoms with Crippen molar-refractivity contribution < 1.29 is 4.74 Å². The molecule has 3 N–H and O–H groups in total. The molecule has 1 aliphatic rings. The van der Waals surface area contributed by atoms with E-state index in [0.717, 1.165) is 23.0 Å². The lowest BCUT2D eigenvalue weighted by molar-refractivity contribution is 0.242. The van der Waals surface area contributed by atoms with E-state index in [0.29, 0.717) is 6.04 Å². The van der Waals surface area contributed by atoms with Crippen LogP contribution in [-0.4, -0.2) is 12.1 Å². The van der Waals surface area contributed by atoms with Crippen molar-refractivity contribution in [1.82, 2.24) is 0 Å². The van der Waals surface area contributed by atoms with Gasteiger partial charge in [0.15, 0.2) is 0 Å². The highest BCUT2D eigenvalue weighted by Gasteiger charge is 2.23. The molecule has 0 heterocycles. The minimum absolute atomic E-state index is 0.169. The highest BCUT2D eigenvalue weighted by molar-refractivity contribution is 5.59. The monoisotopic (exact) mass is 276 g/mol. The van der Waals surface area contributed by atoms with Gasteiger partial charge in [0.2, 0.25) is 0 Å². The highest BCUT2D eigenvalue weighted by Crippen LogP contribution is 2.31. The van der Waals surface area contributed by atoms with Crippen molar-refractivity contribution in [2.24, 2.45) is 5.92 Å². The Bertz CT molecular complexity index is 431. The van der Waals surface area contributed by atoms with E-state index in [1.54, 1.807) is 0 Å². The van der Waals surface area contributed by atoms with Crippen molar-refractivity contribution in [3.63, 3.8) is 0 Å². The summed E-state index contributed by atoms with van der Waals surface area (Å²) >= 11 is 0. The molecule has 1 aromatic rings. The summed E-state index contributed by atoms with van der Waals surface area (Å²) in [6.45, 7) is 6.35. The van der Waals surface area contributed by atoms with E-state index >= 15 is 0 Å². The van der Waals surface area contributed by atoms with Gasteiger partial charge in [-0.2, -0.15) is 0 Å². The van der Waals surface area contributed by atoms with Crippen molar-refractivity contribution in [3.05, 3.63) is 18.2 Å². The maximum Gasteiger partial charge on any atom is 0.123 e. The first-order valence-corrected chi connectivity index (χ1v) is 7.92. The Balaban J connectivity index is 2.09. The van der Waals surface area contributed by atoms with Crippen LogP contribution in [0.5, 0.6) is 5.75 Å². The summed E-state index contributed by atoms with van der Waals surface area (Å²) in [5.74, 6) is 1.63. The molecule has 0 aliphatic heterocycles. The van der Waals surface area contributed by atoms with Gasteiger partial charge < -0.3 is 15.8 Å². The molecule has 2 unspecified atom stereocenters. The third-order valence-electron chi connectivity index (χ3n) is 4.09. The smallest absolute Gasteiger partial charge is 0.123 e. The standard InChI is InChI=1S/C17H28N2O/c1-4-13-7-5-6-8-17(13)19-15-9-14(18)10-16(11-15)20-12(2)3/h9-13,17,19H,4-8,18H2,1-3H3. The third kappa shape index (κ3) is 4.06. The number of nitrogen functional groups attached to an aromatic ring is 1.